The third kappa shape index (κ3) is 3.48. The molecule has 0 saturated carbocycles. The molecule has 5 heteroatoms. The Morgan fingerprint density at radius 3 is 2.29 bits per heavy atom. The molecule has 1 aliphatic heterocycles. The first kappa shape index (κ1) is 15.2. The Labute approximate surface area is 123 Å². The molecule has 1 aromatic carbocycles. The molecule has 1 aliphatic rings. The van der Waals surface area contributed by atoms with Crippen molar-refractivity contribution in [2.24, 2.45) is 0 Å². The van der Waals surface area contributed by atoms with Gasteiger partial charge in [-0.1, -0.05) is 25.5 Å². The summed E-state index contributed by atoms with van der Waals surface area (Å²) in [5, 5.41) is 0. The van der Waals surface area contributed by atoms with Crippen LogP contribution in [0.15, 0.2) is 24.3 Å². The van der Waals surface area contributed by atoms with Gasteiger partial charge in [0, 0.05) is 13.0 Å². The molecule has 0 fully saturated rings. The van der Waals surface area contributed by atoms with Crippen molar-refractivity contribution in [3.05, 3.63) is 35.4 Å². The Balaban J connectivity index is 1.81. The molecular formula is C16H19NO4. The fraction of sp³-hybridized carbons (Fsp3) is 0.438. The lowest BCUT2D eigenvalue weighted by Gasteiger charge is -2.13. The highest BCUT2D eigenvalue weighted by atomic mass is 16.5. The molecule has 0 radical (unpaired) electrons. The summed E-state index contributed by atoms with van der Waals surface area (Å²) in [6, 6.07) is 6.76. The lowest BCUT2D eigenvalue weighted by Crippen LogP contribution is -2.31. The summed E-state index contributed by atoms with van der Waals surface area (Å²) in [5.41, 5.74) is 0.876. The van der Waals surface area contributed by atoms with Crippen molar-refractivity contribution in [3.63, 3.8) is 0 Å². The highest BCUT2D eigenvalue weighted by molar-refractivity contribution is 6.21. The molecule has 112 valence electrons. The van der Waals surface area contributed by atoms with E-state index in [-0.39, 0.29) is 30.7 Å². The van der Waals surface area contributed by atoms with Crippen molar-refractivity contribution in [2.75, 3.05) is 13.2 Å². The summed E-state index contributed by atoms with van der Waals surface area (Å²) in [5.74, 6) is -0.843. The first-order valence-electron chi connectivity index (χ1n) is 7.26. The smallest absolute Gasteiger partial charge is 0.305 e. The van der Waals surface area contributed by atoms with E-state index < -0.39 is 0 Å². The van der Waals surface area contributed by atoms with Gasteiger partial charge in [0.05, 0.1) is 17.7 Å². The molecule has 1 heterocycles. The largest absolute Gasteiger partial charge is 0.466 e. The van der Waals surface area contributed by atoms with Crippen molar-refractivity contribution in [1.82, 2.24) is 4.90 Å². The number of rotatable bonds is 7. The third-order valence-corrected chi connectivity index (χ3v) is 3.40. The molecule has 0 unspecified atom stereocenters. The van der Waals surface area contributed by atoms with E-state index in [1.54, 1.807) is 24.3 Å². The third-order valence-electron chi connectivity index (χ3n) is 3.40. The van der Waals surface area contributed by atoms with Gasteiger partial charge < -0.3 is 4.74 Å². The maximum Gasteiger partial charge on any atom is 0.305 e. The van der Waals surface area contributed by atoms with E-state index >= 15 is 0 Å². The first-order valence-corrected chi connectivity index (χ1v) is 7.26. The molecule has 0 N–H and O–H groups in total. The van der Waals surface area contributed by atoms with Crippen LogP contribution in [-0.2, 0) is 9.53 Å². The minimum Gasteiger partial charge on any atom is -0.466 e. The summed E-state index contributed by atoms with van der Waals surface area (Å²) >= 11 is 0. The van der Waals surface area contributed by atoms with Crippen LogP contribution in [0.25, 0.3) is 0 Å². The van der Waals surface area contributed by atoms with Crippen LogP contribution in [0.2, 0.25) is 0 Å². The number of benzene rings is 1. The number of unbranched alkanes of at least 4 members (excludes halogenated alkanes) is 1. The Kier molecular flexibility index (Phi) is 5.09. The quantitative estimate of drug-likeness (QED) is 0.439. The summed E-state index contributed by atoms with van der Waals surface area (Å²) in [7, 11) is 0. The molecule has 2 rings (SSSR count). The number of esters is 1. The standard InChI is InChI=1S/C16H19NO4/c1-2-3-11-21-14(18)9-6-10-17-15(19)12-7-4-5-8-13(12)16(17)20/h4-5,7-8H,2-3,6,9-11H2,1H3. The topological polar surface area (TPSA) is 63.7 Å². The second kappa shape index (κ2) is 7.02. The van der Waals surface area contributed by atoms with Gasteiger partial charge in [-0.25, -0.2) is 0 Å². The number of carbonyl (C=O) groups excluding carboxylic acids is 3. The highest BCUT2D eigenvalue weighted by Crippen LogP contribution is 2.22. The van der Waals surface area contributed by atoms with Gasteiger partial charge in [-0.05, 0) is 25.0 Å². The zero-order chi connectivity index (χ0) is 15.2. The Bertz CT molecular complexity index is 518. The molecular weight excluding hydrogens is 270 g/mol. The van der Waals surface area contributed by atoms with Crippen LogP contribution in [-0.4, -0.2) is 35.8 Å². The molecule has 0 atom stereocenters. The Morgan fingerprint density at radius 2 is 1.71 bits per heavy atom. The zero-order valence-corrected chi connectivity index (χ0v) is 12.1. The van der Waals surface area contributed by atoms with E-state index in [9.17, 15) is 14.4 Å². The molecule has 5 nitrogen and oxygen atoms in total. The number of ether oxygens (including phenoxy) is 1. The first-order chi connectivity index (χ1) is 10.1. The van der Waals surface area contributed by atoms with E-state index in [2.05, 4.69) is 0 Å². The van der Waals surface area contributed by atoms with E-state index in [1.807, 2.05) is 6.92 Å². The van der Waals surface area contributed by atoms with Crippen molar-refractivity contribution in [1.29, 1.82) is 0 Å². The number of nitrogens with zero attached hydrogens (tertiary/aromatic N) is 1. The van der Waals surface area contributed by atoms with Gasteiger partial charge in [-0.15, -0.1) is 0 Å². The number of carbonyl (C=O) groups is 3. The Hall–Kier alpha value is -2.17. The van der Waals surface area contributed by atoms with Gasteiger partial charge in [0.25, 0.3) is 11.8 Å². The molecule has 21 heavy (non-hydrogen) atoms. The van der Waals surface area contributed by atoms with E-state index in [0.717, 1.165) is 12.8 Å². The summed E-state index contributed by atoms with van der Waals surface area (Å²) in [6.45, 7) is 2.70. The van der Waals surface area contributed by atoms with Crippen molar-refractivity contribution < 1.29 is 19.1 Å². The second-order valence-electron chi connectivity index (χ2n) is 4.99. The summed E-state index contributed by atoms with van der Waals surface area (Å²) in [6.07, 6.45) is 2.47. The van der Waals surface area contributed by atoms with Crippen LogP contribution >= 0.6 is 0 Å². The number of hydrogen-bond acceptors (Lipinski definition) is 4. The maximum absolute atomic E-state index is 12.1. The average Bonchev–Trinajstić information content (AvgIpc) is 2.73. The number of imide groups is 1. The monoisotopic (exact) mass is 289 g/mol. The summed E-state index contributed by atoms with van der Waals surface area (Å²) < 4.78 is 5.04. The highest BCUT2D eigenvalue weighted by Gasteiger charge is 2.34. The molecule has 0 aliphatic carbocycles. The van der Waals surface area contributed by atoms with Gasteiger partial charge in [-0.2, -0.15) is 0 Å². The second-order valence-corrected chi connectivity index (χ2v) is 4.99. The van der Waals surface area contributed by atoms with Crippen molar-refractivity contribution in [3.8, 4) is 0 Å². The maximum atomic E-state index is 12.1. The van der Waals surface area contributed by atoms with Gasteiger partial charge in [0.1, 0.15) is 0 Å². The zero-order valence-electron chi connectivity index (χ0n) is 12.1. The van der Waals surface area contributed by atoms with Crippen LogP contribution in [0.4, 0.5) is 0 Å². The molecule has 0 bridgehead atoms. The molecule has 0 saturated heterocycles. The predicted molar refractivity (Wildman–Crippen MR) is 76.9 cm³/mol. The number of hydrogen-bond donors (Lipinski definition) is 0. The minimum atomic E-state index is -0.282. The van der Waals surface area contributed by atoms with Gasteiger partial charge in [0.2, 0.25) is 0 Å². The van der Waals surface area contributed by atoms with E-state index in [1.165, 1.54) is 4.90 Å². The minimum absolute atomic E-state index is 0.219. The fourth-order valence-corrected chi connectivity index (χ4v) is 2.23. The Morgan fingerprint density at radius 1 is 1.10 bits per heavy atom. The molecule has 2 amide bonds. The van der Waals surface area contributed by atoms with Crippen LogP contribution in [0.3, 0.4) is 0 Å². The van der Waals surface area contributed by atoms with E-state index in [4.69, 9.17) is 4.74 Å². The molecule has 1 aromatic rings. The average molecular weight is 289 g/mol. The number of fused-ring (bicyclic) bond motifs is 1. The molecule has 0 spiro atoms. The fourth-order valence-electron chi connectivity index (χ4n) is 2.23. The summed E-state index contributed by atoms with van der Waals surface area (Å²) in [4.78, 5) is 36.8. The number of amides is 2. The van der Waals surface area contributed by atoms with Gasteiger partial charge >= 0.3 is 5.97 Å². The SMILES string of the molecule is CCCCOC(=O)CCCN1C(=O)c2ccccc2C1=O. The van der Waals surface area contributed by atoms with Crippen molar-refractivity contribution in [2.45, 2.75) is 32.6 Å². The lowest BCUT2D eigenvalue weighted by atomic mass is 10.1. The van der Waals surface area contributed by atoms with Crippen molar-refractivity contribution >= 4 is 17.8 Å². The van der Waals surface area contributed by atoms with Gasteiger partial charge in [0.15, 0.2) is 0 Å². The van der Waals surface area contributed by atoms with Gasteiger partial charge in [-0.3, -0.25) is 19.3 Å². The van der Waals surface area contributed by atoms with E-state index in [0.29, 0.717) is 24.2 Å². The van der Waals surface area contributed by atoms with Crippen LogP contribution < -0.4 is 0 Å². The molecule has 0 aromatic heterocycles. The van der Waals surface area contributed by atoms with Crippen LogP contribution in [0, 0.1) is 0 Å². The predicted octanol–water partition coefficient (Wildman–Crippen LogP) is 2.41. The van der Waals surface area contributed by atoms with Crippen LogP contribution in [0.5, 0.6) is 0 Å². The lowest BCUT2D eigenvalue weighted by molar-refractivity contribution is -0.143. The normalized spacial score (nSPS) is 13.5. The van der Waals surface area contributed by atoms with Crippen LogP contribution in [0.1, 0.15) is 53.3 Å².